The van der Waals surface area contributed by atoms with Crippen molar-refractivity contribution in [3.05, 3.63) is 70.3 Å². The molecule has 0 saturated heterocycles. The minimum absolute atomic E-state index is 0.146. The maximum Gasteiger partial charge on any atom is 0.315 e. The fourth-order valence-corrected chi connectivity index (χ4v) is 2.76. The average molecular weight is 372 g/mol. The highest BCUT2D eigenvalue weighted by atomic mass is 79.9. The molecule has 118 valence electrons. The second kappa shape index (κ2) is 7.33. The summed E-state index contributed by atoms with van der Waals surface area (Å²) in [5, 5.41) is 6.97. The number of carbonyl (C=O) groups is 1. The van der Waals surface area contributed by atoms with Gasteiger partial charge in [0.05, 0.1) is 0 Å². The van der Waals surface area contributed by atoms with Gasteiger partial charge < -0.3 is 15.6 Å². The lowest BCUT2D eigenvalue weighted by atomic mass is 10.1. The normalized spacial score (nSPS) is 10.7. The molecule has 0 aliphatic heterocycles. The van der Waals surface area contributed by atoms with Crippen molar-refractivity contribution in [2.24, 2.45) is 0 Å². The molecule has 1 aromatic heterocycles. The van der Waals surface area contributed by atoms with Gasteiger partial charge in [0.2, 0.25) is 0 Å². The van der Waals surface area contributed by atoms with Crippen molar-refractivity contribution in [2.75, 3.05) is 6.54 Å². The van der Waals surface area contributed by atoms with E-state index in [1.54, 1.807) is 0 Å². The van der Waals surface area contributed by atoms with Crippen molar-refractivity contribution in [2.45, 2.75) is 13.0 Å². The molecule has 1 heterocycles. The number of H-pyrrole nitrogens is 1. The third-order valence-electron chi connectivity index (χ3n) is 3.72. The molecular weight excluding hydrogens is 354 g/mol. The molecule has 23 heavy (non-hydrogen) atoms. The number of aromatic nitrogens is 1. The molecule has 0 spiro atoms. The standard InChI is InChI=1S/C18H18BrN3O/c19-15-7-5-13(6-8-15)11-22-18(23)20-10-9-14-12-21-17-4-2-1-3-16(14)17/h1-8,12,21H,9-11H2,(H2,20,22,23). The van der Waals surface area contributed by atoms with Crippen molar-refractivity contribution >= 4 is 32.9 Å². The molecule has 2 aromatic carbocycles. The fourth-order valence-electron chi connectivity index (χ4n) is 2.50. The van der Waals surface area contributed by atoms with E-state index in [0.717, 1.165) is 22.0 Å². The van der Waals surface area contributed by atoms with E-state index in [0.29, 0.717) is 13.1 Å². The number of benzene rings is 2. The molecule has 0 unspecified atom stereocenters. The Morgan fingerprint density at radius 3 is 2.65 bits per heavy atom. The summed E-state index contributed by atoms with van der Waals surface area (Å²) in [6.07, 6.45) is 2.81. The lowest BCUT2D eigenvalue weighted by Gasteiger charge is -2.07. The van der Waals surface area contributed by atoms with Gasteiger partial charge in [-0.25, -0.2) is 4.79 Å². The molecule has 0 atom stereocenters. The summed E-state index contributed by atoms with van der Waals surface area (Å²) in [4.78, 5) is 15.1. The molecule has 0 fully saturated rings. The lowest BCUT2D eigenvalue weighted by Crippen LogP contribution is -2.36. The first-order chi connectivity index (χ1) is 11.2. The number of hydrogen-bond donors (Lipinski definition) is 3. The van der Waals surface area contributed by atoms with Gasteiger partial charge >= 0.3 is 6.03 Å². The van der Waals surface area contributed by atoms with Gasteiger partial charge in [0.1, 0.15) is 0 Å². The number of para-hydroxylation sites is 1. The van der Waals surface area contributed by atoms with Crippen LogP contribution in [0.2, 0.25) is 0 Å². The van der Waals surface area contributed by atoms with E-state index in [2.05, 4.69) is 43.7 Å². The quantitative estimate of drug-likeness (QED) is 0.624. The van der Waals surface area contributed by atoms with E-state index in [1.165, 1.54) is 10.9 Å². The monoisotopic (exact) mass is 371 g/mol. The first-order valence-electron chi connectivity index (χ1n) is 7.53. The Hall–Kier alpha value is -2.27. The number of nitrogens with one attached hydrogen (secondary N) is 3. The zero-order chi connectivity index (χ0) is 16.1. The average Bonchev–Trinajstić information content (AvgIpc) is 2.98. The van der Waals surface area contributed by atoms with E-state index < -0.39 is 0 Å². The second-order valence-corrected chi connectivity index (χ2v) is 6.26. The molecule has 5 heteroatoms. The summed E-state index contributed by atoms with van der Waals surface area (Å²) < 4.78 is 1.03. The van der Waals surface area contributed by atoms with Crippen LogP contribution in [0.3, 0.4) is 0 Å². The number of hydrogen-bond acceptors (Lipinski definition) is 1. The van der Waals surface area contributed by atoms with Crippen LogP contribution < -0.4 is 10.6 Å². The summed E-state index contributed by atoms with van der Waals surface area (Å²) in [6.45, 7) is 1.13. The van der Waals surface area contributed by atoms with Crippen LogP contribution in [0.4, 0.5) is 4.79 Å². The van der Waals surface area contributed by atoms with E-state index in [9.17, 15) is 4.79 Å². The third kappa shape index (κ3) is 4.13. The minimum atomic E-state index is -0.146. The summed E-state index contributed by atoms with van der Waals surface area (Å²) in [5.41, 5.74) is 3.41. The Kier molecular flexibility index (Phi) is 4.98. The van der Waals surface area contributed by atoms with E-state index in [-0.39, 0.29) is 6.03 Å². The molecule has 3 aromatic rings. The smallest absolute Gasteiger partial charge is 0.315 e. The molecule has 0 bridgehead atoms. The summed E-state index contributed by atoms with van der Waals surface area (Å²) in [6, 6.07) is 15.9. The number of aromatic amines is 1. The predicted molar refractivity (Wildman–Crippen MR) is 96.4 cm³/mol. The maximum atomic E-state index is 11.8. The third-order valence-corrected chi connectivity index (χ3v) is 4.25. The van der Waals surface area contributed by atoms with Crippen LogP contribution in [0.1, 0.15) is 11.1 Å². The molecule has 0 aliphatic rings. The number of fused-ring (bicyclic) bond motifs is 1. The van der Waals surface area contributed by atoms with Crippen LogP contribution in [0, 0.1) is 0 Å². The first kappa shape index (κ1) is 15.6. The number of amides is 2. The van der Waals surface area contributed by atoms with Crippen LogP contribution >= 0.6 is 15.9 Å². The van der Waals surface area contributed by atoms with Crippen molar-refractivity contribution in [3.63, 3.8) is 0 Å². The zero-order valence-electron chi connectivity index (χ0n) is 12.6. The van der Waals surface area contributed by atoms with Gasteiger partial charge in [-0.1, -0.05) is 46.3 Å². The maximum absolute atomic E-state index is 11.8. The Morgan fingerprint density at radius 2 is 1.83 bits per heavy atom. The minimum Gasteiger partial charge on any atom is -0.361 e. The van der Waals surface area contributed by atoms with Gasteiger partial charge in [-0.05, 0) is 35.7 Å². The van der Waals surface area contributed by atoms with Crippen molar-refractivity contribution in [1.29, 1.82) is 0 Å². The molecular formula is C18H18BrN3O. The Morgan fingerprint density at radius 1 is 1.04 bits per heavy atom. The van der Waals surface area contributed by atoms with Crippen LogP contribution in [0.25, 0.3) is 10.9 Å². The first-order valence-corrected chi connectivity index (χ1v) is 8.33. The highest BCUT2D eigenvalue weighted by Gasteiger charge is 2.04. The molecule has 0 saturated carbocycles. The molecule has 3 rings (SSSR count). The van der Waals surface area contributed by atoms with E-state index in [4.69, 9.17) is 0 Å². The number of rotatable bonds is 5. The number of halogens is 1. The van der Waals surface area contributed by atoms with Gasteiger partial charge in [-0.15, -0.1) is 0 Å². The largest absolute Gasteiger partial charge is 0.361 e. The van der Waals surface area contributed by atoms with E-state index >= 15 is 0 Å². The van der Waals surface area contributed by atoms with Gasteiger partial charge in [0, 0.05) is 34.7 Å². The molecule has 2 amide bonds. The topological polar surface area (TPSA) is 56.9 Å². The summed E-state index contributed by atoms with van der Waals surface area (Å²) in [7, 11) is 0. The zero-order valence-corrected chi connectivity index (χ0v) is 14.2. The molecule has 4 nitrogen and oxygen atoms in total. The van der Waals surface area contributed by atoms with Crippen LogP contribution in [-0.4, -0.2) is 17.6 Å². The summed E-state index contributed by atoms with van der Waals surface area (Å²) in [5.74, 6) is 0. The second-order valence-electron chi connectivity index (χ2n) is 5.35. The molecule has 0 aliphatic carbocycles. The predicted octanol–water partition coefficient (Wildman–Crippen LogP) is 3.97. The lowest BCUT2D eigenvalue weighted by molar-refractivity contribution is 0.240. The SMILES string of the molecule is O=C(NCCc1c[nH]c2ccccc12)NCc1ccc(Br)cc1. The van der Waals surface area contributed by atoms with Crippen LogP contribution in [0.5, 0.6) is 0 Å². The van der Waals surface area contributed by atoms with Crippen LogP contribution in [0.15, 0.2) is 59.2 Å². The van der Waals surface area contributed by atoms with Crippen LogP contribution in [-0.2, 0) is 13.0 Å². The Bertz CT molecular complexity index is 795. The van der Waals surface area contributed by atoms with Gasteiger partial charge in [0.25, 0.3) is 0 Å². The van der Waals surface area contributed by atoms with Crippen molar-refractivity contribution in [1.82, 2.24) is 15.6 Å². The van der Waals surface area contributed by atoms with Gasteiger partial charge in [0.15, 0.2) is 0 Å². The Balaban J connectivity index is 1.45. The Labute approximate surface area is 143 Å². The summed E-state index contributed by atoms with van der Waals surface area (Å²) >= 11 is 3.39. The highest BCUT2D eigenvalue weighted by Crippen LogP contribution is 2.17. The van der Waals surface area contributed by atoms with Gasteiger partial charge in [-0.2, -0.15) is 0 Å². The number of urea groups is 1. The highest BCUT2D eigenvalue weighted by molar-refractivity contribution is 9.10. The molecule has 0 radical (unpaired) electrons. The van der Waals surface area contributed by atoms with Gasteiger partial charge in [-0.3, -0.25) is 0 Å². The van der Waals surface area contributed by atoms with Crippen molar-refractivity contribution in [3.8, 4) is 0 Å². The fraction of sp³-hybridized carbons (Fsp3) is 0.167. The number of carbonyl (C=O) groups excluding carboxylic acids is 1. The van der Waals surface area contributed by atoms with E-state index in [1.807, 2.05) is 42.6 Å². The van der Waals surface area contributed by atoms with Crippen molar-refractivity contribution < 1.29 is 4.79 Å². The molecule has 3 N–H and O–H groups in total.